The molecule has 5 aliphatic carbocycles. The number of rotatable bonds is 6. The van der Waals surface area contributed by atoms with Crippen LogP contribution in [0.2, 0.25) is 0 Å². The van der Waals surface area contributed by atoms with Gasteiger partial charge in [-0.1, -0.05) is 46.8 Å². The van der Waals surface area contributed by atoms with E-state index in [1.165, 1.54) is 31.3 Å². The van der Waals surface area contributed by atoms with Gasteiger partial charge in [-0.25, -0.2) is 4.79 Å². The van der Waals surface area contributed by atoms with Crippen molar-refractivity contribution >= 4 is 18.0 Å². The lowest BCUT2D eigenvalue weighted by Crippen LogP contribution is -2.69. The molecule has 0 bridgehead atoms. The number of ether oxygens (including phenoxy) is 1. The number of urea groups is 1. The minimum atomic E-state index is -1.14. The summed E-state index contributed by atoms with van der Waals surface area (Å²) in [6.07, 6.45) is 14.2. The highest BCUT2D eigenvalue weighted by Crippen LogP contribution is 2.76. The maximum atomic E-state index is 13.8. The summed E-state index contributed by atoms with van der Waals surface area (Å²) in [5, 5.41) is 13.3. The molecule has 4 unspecified atom stereocenters. The van der Waals surface area contributed by atoms with Crippen molar-refractivity contribution in [1.82, 2.24) is 10.2 Å². The monoisotopic (exact) mass is 666 g/mol. The van der Waals surface area contributed by atoms with E-state index in [9.17, 15) is 19.5 Å². The number of hydrogen-bond donors (Lipinski definition) is 2. The fourth-order valence-electron chi connectivity index (χ4n) is 13.6. The number of piperidine rings is 1. The zero-order valence-electron chi connectivity index (χ0n) is 31.5. The molecule has 2 N–H and O–H groups in total. The summed E-state index contributed by atoms with van der Waals surface area (Å²) in [6.45, 7) is 24.2. The van der Waals surface area contributed by atoms with E-state index < -0.39 is 11.4 Å². The van der Waals surface area contributed by atoms with Crippen LogP contribution in [0.5, 0.6) is 0 Å². The van der Waals surface area contributed by atoms with Crippen LogP contribution in [0.25, 0.3) is 0 Å². The lowest BCUT2D eigenvalue weighted by molar-refractivity contribution is -0.246. The summed E-state index contributed by atoms with van der Waals surface area (Å²) < 4.78 is 6.17. The quantitative estimate of drug-likeness (QED) is 0.218. The molecule has 48 heavy (non-hydrogen) atoms. The van der Waals surface area contributed by atoms with Crippen LogP contribution in [-0.2, 0) is 14.3 Å². The number of aliphatic carboxylic acids is 1. The molecule has 6 aliphatic rings. The first-order valence-corrected chi connectivity index (χ1v) is 19.5. The van der Waals surface area contributed by atoms with E-state index in [4.69, 9.17) is 4.74 Å². The molecule has 1 aliphatic heterocycles. The third kappa shape index (κ3) is 5.36. The first kappa shape index (κ1) is 35.8. The summed E-state index contributed by atoms with van der Waals surface area (Å²) in [5.74, 6) is 1.12. The van der Waals surface area contributed by atoms with Crippen molar-refractivity contribution in [2.45, 2.75) is 157 Å². The Bertz CT molecular complexity index is 1320. The summed E-state index contributed by atoms with van der Waals surface area (Å²) in [5.41, 5.74) is 0.357. The molecule has 1 saturated heterocycles. The lowest BCUT2D eigenvalue weighted by Gasteiger charge is -2.73. The fraction of sp³-hybridized carbons (Fsp3) is 0.878. The van der Waals surface area contributed by atoms with E-state index in [-0.39, 0.29) is 51.7 Å². The number of allylic oxidation sites excluding steroid dienone is 1. The van der Waals surface area contributed by atoms with Crippen LogP contribution in [0.4, 0.5) is 4.79 Å². The first-order chi connectivity index (χ1) is 22.3. The number of esters is 1. The van der Waals surface area contributed by atoms with Gasteiger partial charge in [-0.3, -0.25) is 9.59 Å². The number of fused-ring (bicyclic) bond motifs is 7. The molecule has 0 radical (unpaired) electrons. The molecular weight excluding hydrogens is 600 g/mol. The Hall–Kier alpha value is -2.05. The zero-order chi connectivity index (χ0) is 35.1. The van der Waals surface area contributed by atoms with Crippen LogP contribution in [-0.4, -0.2) is 52.7 Å². The van der Waals surface area contributed by atoms with E-state index in [1.807, 2.05) is 0 Å². The minimum Gasteiger partial charge on any atom is -0.481 e. The van der Waals surface area contributed by atoms with Crippen LogP contribution in [0.1, 0.15) is 145 Å². The molecule has 10 atom stereocenters. The van der Waals surface area contributed by atoms with Gasteiger partial charge in [0.25, 0.3) is 0 Å². The van der Waals surface area contributed by atoms with Gasteiger partial charge in [0, 0.05) is 24.0 Å². The van der Waals surface area contributed by atoms with Crippen LogP contribution in [0.3, 0.4) is 0 Å². The minimum absolute atomic E-state index is 0.108. The third-order valence-corrected chi connectivity index (χ3v) is 16.4. The Labute approximate surface area is 290 Å². The molecule has 7 nitrogen and oxygen atoms in total. The van der Waals surface area contributed by atoms with E-state index in [0.29, 0.717) is 29.6 Å². The number of carboxylic acid groups (broad SMARTS) is 1. The van der Waals surface area contributed by atoms with Crippen LogP contribution in [0, 0.1) is 56.7 Å². The molecule has 6 fully saturated rings. The van der Waals surface area contributed by atoms with E-state index in [2.05, 4.69) is 58.3 Å². The second-order valence-electron chi connectivity index (χ2n) is 19.5. The molecular formula is C41H66N2O5. The molecule has 5 saturated carbocycles. The normalized spacial score (nSPS) is 43.5. The molecule has 7 heteroatoms. The predicted molar refractivity (Wildman–Crippen MR) is 189 cm³/mol. The van der Waals surface area contributed by atoms with Crippen molar-refractivity contribution in [3.63, 3.8) is 0 Å². The lowest BCUT2D eigenvalue weighted by atomic mass is 9.32. The average Bonchev–Trinajstić information content (AvgIpc) is 3.39. The van der Waals surface area contributed by atoms with Gasteiger partial charge in [0.15, 0.2) is 0 Å². The highest BCUT2D eigenvalue weighted by molar-refractivity contribution is 5.81. The highest BCUT2D eigenvalue weighted by Gasteiger charge is 2.71. The smallest absolute Gasteiger partial charge is 0.317 e. The Morgan fingerprint density at radius 3 is 2.19 bits per heavy atom. The van der Waals surface area contributed by atoms with Crippen LogP contribution in [0.15, 0.2) is 12.2 Å². The second-order valence-corrected chi connectivity index (χ2v) is 19.5. The van der Waals surface area contributed by atoms with Gasteiger partial charge in [-0.15, -0.1) is 0 Å². The van der Waals surface area contributed by atoms with Crippen LogP contribution >= 0.6 is 0 Å². The second kappa shape index (κ2) is 12.0. The van der Waals surface area contributed by atoms with Gasteiger partial charge in [-0.2, -0.15) is 0 Å². The standard InChI is InChI=1S/C41H66N2O5/c1-26(2)27-15-20-41(42-35(47)43-23-11-10-12-24-43)22-21-39(8)28(33(27)41)13-14-30-38(7)18-17-31(48-32(44)25-36(3,4)34(45)46)37(5,6)29(38)16-19-40(30,39)9/h27-31,33H,1,10-25H2,2-9H3,(H,42,47)(H,45,46)/t27-,28?,29-,30+,31?,33+,38?,39+,40?,41-/m0/s1. The topological polar surface area (TPSA) is 95.9 Å². The summed E-state index contributed by atoms with van der Waals surface area (Å²) in [6, 6.07) is 0.171. The maximum Gasteiger partial charge on any atom is 0.317 e. The van der Waals surface area contributed by atoms with E-state index >= 15 is 0 Å². The maximum absolute atomic E-state index is 13.8. The number of hydrogen-bond acceptors (Lipinski definition) is 4. The van der Waals surface area contributed by atoms with Gasteiger partial charge in [0.05, 0.1) is 11.8 Å². The number of carboxylic acids is 1. The summed E-state index contributed by atoms with van der Waals surface area (Å²) in [4.78, 5) is 40.7. The summed E-state index contributed by atoms with van der Waals surface area (Å²) in [7, 11) is 0. The van der Waals surface area contributed by atoms with Crippen molar-refractivity contribution in [3.8, 4) is 0 Å². The Kier molecular flexibility index (Phi) is 8.96. The van der Waals surface area contributed by atoms with Gasteiger partial charge < -0.3 is 20.1 Å². The molecule has 270 valence electrons. The van der Waals surface area contributed by atoms with Crippen molar-refractivity contribution in [1.29, 1.82) is 0 Å². The Balaban J connectivity index is 1.25. The van der Waals surface area contributed by atoms with Crippen molar-refractivity contribution in [2.24, 2.45) is 56.7 Å². The largest absolute Gasteiger partial charge is 0.481 e. The number of nitrogens with zero attached hydrogens (tertiary/aromatic N) is 1. The van der Waals surface area contributed by atoms with Crippen molar-refractivity contribution in [2.75, 3.05) is 13.1 Å². The SMILES string of the molecule is C=C(C)[C@@H]1CC[C@]2(NC(=O)N3CCCCC3)CC[C@]3(C)C(CC[C@@H]4C5(C)CCC(OC(=O)CC(C)(C)C(=O)O)C(C)(C)[C@@H]5CCC43C)[C@@H]12. The number of likely N-dealkylation sites (tertiary alicyclic amines) is 1. The first-order valence-electron chi connectivity index (χ1n) is 19.5. The predicted octanol–water partition coefficient (Wildman–Crippen LogP) is 9.00. The average molecular weight is 667 g/mol. The van der Waals surface area contributed by atoms with E-state index in [1.54, 1.807) is 13.8 Å². The van der Waals surface area contributed by atoms with Crippen molar-refractivity contribution in [3.05, 3.63) is 12.2 Å². The molecule has 2 amide bonds. The highest BCUT2D eigenvalue weighted by atomic mass is 16.5. The molecule has 1 heterocycles. The molecule has 0 aromatic carbocycles. The zero-order valence-corrected chi connectivity index (χ0v) is 31.5. The molecule has 0 aromatic heterocycles. The van der Waals surface area contributed by atoms with Gasteiger partial charge in [-0.05, 0) is 150 Å². The van der Waals surface area contributed by atoms with E-state index in [0.717, 1.165) is 70.9 Å². The van der Waals surface area contributed by atoms with Crippen molar-refractivity contribution < 1.29 is 24.2 Å². The fourth-order valence-corrected chi connectivity index (χ4v) is 13.6. The number of amides is 2. The van der Waals surface area contributed by atoms with Gasteiger partial charge in [0.1, 0.15) is 6.10 Å². The number of carbonyl (C=O) groups is 3. The van der Waals surface area contributed by atoms with Gasteiger partial charge >= 0.3 is 18.0 Å². The number of carbonyl (C=O) groups excluding carboxylic acids is 2. The molecule has 6 rings (SSSR count). The van der Waals surface area contributed by atoms with Crippen LogP contribution < -0.4 is 5.32 Å². The molecule has 0 spiro atoms. The Morgan fingerprint density at radius 1 is 0.854 bits per heavy atom. The molecule has 0 aromatic rings. The third-order valence-electron chi connectivity index (χ3n) is 16.4. The number of nitrogens with one attached hydrogen (secondary N) is 1. The summed E-state index contributed by atoms with van der Waals surface area (Å²) >= 11 is 0. The van der Waals surface area contributed by atoms with Gasteiger partial charge in [0.2, 0.25) is 0 Å². The Morgan fingerprint density at radius 2 is 1.54 bits per heavy atom.